The van der Waals surface area contributed by atoms with Gasteiger partial charge in [-0.15, -0.1) is 0 Å². The second-order valence-electron chi connectivity index (χ2n) is 4.59. The Morgan fingerprint density at radius 1 is 1.22 bits per heavy atom. The summed E-state index contributed by atoms with van der Waals surface area (Å²) in [6.45, 7) is 0. The molecule has 0 aliphatic carbocycles. The molecular weight excluding hydrogens is 320 g/mol. The number of benzene rings is 2. The van der Waals surface area contributed by atoms with Gasteiger partial charge in [0.05, 0.1) is 28.4 Å². The zero-order valence-electron chi connectivity index (χ0n) is 11.7. The summed E-state index contributed by atoms with van der Waals surface area (Å²) in [6.07, 6.45) is 0. The number of hydrogen-bond donors (Lipinski definition) is 0. The van der Waals surface area contributed by atoms with Crippen LogP contribution in [0.3, 0.4) is 0 Å². The van der Waals surface area contributed by atoms with E-state index in [1.165, 1.54) is 6.07 Å². The first kappa shape index (κ1) is 15.2. The number of nitrogens with zero attached hydrogens (tertiary/aromatic N) is 3. The summed E-state index contributed by atoms with van der Waals surface area (Å²) >= 11 is 1.01. The summed E-state index contributed by atoms with van der Waals surface area (Å²) in [7, 11) is 0. The molecule has 1 heterocycles. The number of nitriles is 1. The number of fused-ring (bicyclic) bond motifs is 1. The number of halogens is 2. The molecule has 4 nitrogen and oxygen atoms in total. The molecule has 0 radical (unpaired) electrons. The Bertz CT molecular complexity index is 995. The SMILES string of the molecule is N#CCSc1nc2ccccc2c(=O)n1-c1ccc(F)cc1F. The van der Waals surface area contributed by atoms with Crippen LogP contribution in [0.5, 0.6) is 0 Å². The van der Waals surface area contributed by atoms with Crippen molar-refractivity contribution in [2.24, 2.45) is 0 Å². The summed E-state index contributed by atoms with van der Waals surface area (Å²) < 4.78 is 28.3. The number of rotatable bonds is 3. The van der Waals surface area contributed by atoms with Crippen LogP contribution in [0.2, 0.25) is 0 Å². The standard InChI is InChI=1S/C16H9F2N3OS/c17-10-5-6-14(12(18)9-10)21-15(22)11-3-1-2-4-13(11)20-16(21)23-8-7-19/h1-6,9H,8H2. The number of hydrogen-bond acceptors (Lipinski definition) is 4. The number of thioether (sulfide) groups is 1. The molecule has 0 bridgehead atoms. The molecular formula is C16H9F2N3OS. The van der Waals surface area contributed by atoms with Crippen molar-refractivity contribution in [2.75, 3.05) is 5.75 Å². The lowest BCUT2D eigenvalue weighted by Crippen LogP contribution is -2.22. The summed E-state index contributed by atoms with van der Waals surface area (Å²) in [5.41, 5.74) is -0.117. The van der Waals surface area contributed by atoms with Crippen LogP contribution in [0.1, 0.15) is 0 Å². The molecule has 0 spiro atoms. The van der Waals surface area contributed by atoms with Crippen LogP contribution in [0, 0.1) is 23.0 Å². The van der Waals surface area contributed by atoms with E-state index in [1.807, 2.05) is 6.07 Å². The summed E-state index contributed by atoms with van der Waals surface area (Å²) in [5, 5.41) is 9.25. The summed E-state index contributed by atoms with van der Waals surface area (Å²) in [4.78, 5) is 17.0. The van der Waals surface area contributed by atoms with E-state index in [4.69, 9.17) is 5.26 Å². The fraction of sp³-hybridized carbons (Fsp3) is 0.0625. The first-order chi connectivity index (χ1) is 11.1. The second-order valence-corrected chi connectivity index (χ2v) is 5.54. The fourth-order valence-corrected chi connectivity index (χ4v) is 2.85. The maximum absolute atomic E-state index is 14.1. The third kappa shape index (κ3) is 2.81. The van der Waals surface area contributed by atoms with Crippen molar-refractivity contribution in [3.63, 3.8) is 0 Å². The maximum Gasteiger partial charge on any atom is 0.266 e. The molecule has 3 aromatic rings. The lowest BCUT2D eigenvalue weighted by Gasteiger charge is -2.13. The lowest BCUT2D eigenvalue weighted by atomic mass is 10.2. The Morgan fingerprint density at radius 2 is 2.00 bits per heavy atom. The molecule has 0 aliphatic rings. The first-order valence-electron chi connectivity index (χ1n) is 6.59. The monoisotopic (exact) mass is 329 g/mol. The van der Waals surface area contributed by atoms with E-state index < -0.39 is 17.2 Å². The highest BCUT2D eigenvalue weighted by molar-refractivity contribution is 7.99. The van der Waals surface area contributed by atoms with Crippen molar-refractivity contribution in [3.05, 3.63) is 64.5 Å². The Balaban J connectivity index is 2.34. The van der Waals surface area contributed by atoms with E-state index in [2.05, 4.69) is 4.98 Å². The molecule has 0 amide bonds. The predicted molar refractivity (Wildman–Crippen MR) is 83.6 cm³/mol. The molecule has 3 rings (SSSR count). The lowest BCUT2D eigenvalue weighted by molar-refractivity contribution is 0.572. The molecule has 114 valence electrons. The van der Waals surface area contributed by atoms with Crippen LogP contribution in [0.15, 0.2) is 52.4 Å². The molecule has 0 N–H and O–H groups in total. The van der Waals surface area contributed by atoms with Gasteiger partial charge in [0.1, 0.15) is 11.6 Å². The van der Waals surface area contributed by atoms with Crippen molar-refractivity contribution >= 4 is 22.7 Å². The van der Waals surface area contributed by atoms with Crippen molar-refractivity contribution in [2.45, 2.75) is 5.16 Å². The van der Waals surface area contributed by atoms with Gasteiger partial charge in [0.2, 0.25) is 0 Å². The molecule has 0 unspecified atom stereocenters. The van der Waals surface area contributed by atoms with E-state index in [0.717, 1.165) is 22.4 Å². The first-order valence-corrected chi connectivity index (χ1v) is 7.57. The van der Waals surface area contributed by atoms with E-state index in [1.54, 1.807) is 24.3 Å². The van der Waals surface area contributed by atoms with Gasteiger partial charge in [-0.3, -0.25) is 9.36 Å². The van der Waals surface area contributed by atoms with Gasteiger partial charge >= 0.3 is 0 Å². The molecule has 0 aliphatic heterocycles. The normalized spacial score (nSPS) is 10.7. The van der Waals surface area contributed by atoms with Crippen molar-refractivity contribution < 1.29 is 8.78 Å². The van der Waals surface area contributed by atoms with Gasteiger partial charge in [-0.05, 0) is 24.3 Å². The van der Waals surface area contributed by atoms with Gasteiger partial charge in [0.15, 0.2) is 5.16 Å². The van der Waals surface area contributed by atoms with Crippen molar-refractivity contribution in [3.8, 4) is 11.8 Å². The number of para-hydroxylation sites is 1. The van der Waals surface area contributed by atoms with Gasteiger partial charge < -0.3 is 0 Å². The molecule has 7 heteroatoms. The average Bonchev–Trinajstić information content (AvgIpc) is 2.54. The van der Waals surface area contributed by atoms with Gasteiger partial charge in [-0.25, -0.2) is 13.8 Å². The van der Waals surface area contributed by atoms with E-state index in [0.29, 0.717) is 17.0 Å². The predicted octanol–water partition coefficient (Wildman–Crippen LogP) is 3.28. The molecule has 2 aromatic carbocycles. The Morgan fingerprint density at radius 3 is 2.74 bits per heavy atom. The van der Waals surface area contributed by atoms with Gasteiger partial charge in [-0.1, -0.05) is 23.9 Å². The minimum absolute atomic E-state index is 0.0492. The van der Waals surface area contributed by atoms with Gasteiger partial charge in [-0.2, -0.15) is 5.26 Å². The maximum atomic E-state index is 14.1. The zero-order valence-corrected chi connectivity index (χ0v) is 12.5. The third-order valence-electron chi connectivity index (χ3n) is 3.16. The Kier molecular flexibility index (Phi) is 4.08. The quantitative estimate of drug-likeness (QED) is 0.546. The average molecular weight is 329 g/mol. The van der Waals surface area contributed by atoms with Crippen molar-refractivity contribution in [1.82, 2.24) is 9.55 Å². The largest absolute Gasteiger partial charge is 0.268 e. The molecule has 0 fully saturated rings. The van der Waals surface area contributed by atoms with Crippen LogP contribution in [0.25, 0.3) is 16.6 Å². The highest BCUT2D eigenvalue weighted by atomic mass is 32.2. The molecule has 0 saturated heterocycles. The minimum atomic E-state index is -0.872. The van der Waals surface area contributed by atoms with Gasteiger partial charge in [0.25, 0.3) is 5.56 Å². The molecule has 1 aromatic heterocycles. The van der Waals surface area contributed by atoms with E-state index >= 15 is 0 Å². The van der Waals surface area contributed by atoms with Crippen LogP contribution in [0.4, 0.5) is 8.78 Å². The highest BCUT2D eigenvalue weighted by Gasteiger charge is 2.16. The van der Waals surface area contributed by atoms with Crippen LogP contribution in [-0.4, -0.2) is 15.3 Å². The zero-order chi connectivity index (χ0) is 16.4. The third-order valence-corrected chi connectivity index (χ3v) is 3.97. The Hall–Kier alpha value is -2.72. The summed E-state index contributed by atoms with van der Waals surface area (Å²) in [6, 6.07) is 11.6. The summed E-state index contributed by atoms with van der Waals surface area (Å²) in [5.74, 6) is -1.56. The second kappa shape index (κ2) is 6.18. The van der Waals surface area contributed by atoms with Crippen molar-refractivity contribution in [1.29, 1.82) is 5.26 Å². The molecule has 23 heavy (non-hydrogen) atoms. The van der Waals surface area contributed by atoms with Gasteiger partial charge in [0, 0.05) is 6.07 Å². The van der Waals surface area contributed by atoms with E-state index in [9.17, 15) is 13.6 Å². The molecule has 0 atom stereocenters. The Labute approximate surface area is 134 Å². The number of aromatic nitrogens is 2. The fourth-order valence-electron chi connectivity index (χ4n) is 2.18. The molecule has 0 saturated carbocycles. The smallest absolute Gasteiger partial charge is 0.266 e. The highest BCUT2D eigenvalue weighted by Crippen LogP contribution is 2.22. The topological polar surface area (TPSA) is 58.7 Å². The van der Waals surface area contributed by atoms with Crippen LogP contribution < -0.4 is 5.56 Å². The van der Waals surface area contributed by atoms with Crippen LogP contribution >= 0.6 is 11.8 Å². The minimum Gasteiger partial charge on any atom is -0.268 e. The van der Waals surface area contributed by atoms with E-state index in [-0.39, 0.29) is 16.6 Å². The van der Waals surface area contributed by atoms with Crippen LogP contribution in [-0.2, 0) is 0 Å².